The molecule has 17 heavy (non-hydrogen) atoms. The van der Waals surface area contributed by atoms with Crippen molar-refractivity contribution < 1.29 is 0 Å². The van der Waals surface area contributed by atoms with Gasteiger partial charge < -0.3 is 5.32 Å². The monoisotopic (exact) mass is 249 g/mol. The summed E-state index contributed by atoms with van der Waals surface area (Å²) in [5.41, 5.74) is 1.31. The number of hydrogen-bond donors (Lipinski definition) is 1. The Kier molecular flexibility index (Phi) is 3.62. The fraction of sp³-hybridized carbons (Fsp3) is 0.538. The van der Waals surface area contributed by atoms with Crippen LogP contribution >= 0.6 is 11.3 Å². The largest absolute Gasteiger partial charge is 0.370 e. The van der Waals surface area contributed by atoms with Crippen molar-refractivity contribution in [1.82, 2.24) is 9.97 Å². The molecule has 0 amide bonds. The molecule has 0 radical (unpaired) electrons. The van der Waals surface area contributed by atoms with Gasteiger partial charge in [0.25, 0.3) is 0 Å². The number of rotatable bonds is 4. The molecule has 0 saturated carbocycles. The van der Waals surface area contributed by atoms with E-state index in [1.165, 1.54) is 15.8 Å². The van der Waals surface area contributed by atoms with Crippen LogP contribution in [0.25, 0.3) is 10.2 Å². The molecule has 0 saturated heterocycles. The molecule has 0 atom stereocenters. The van der Waals surface area contributed by atoms with Gasteiger partial charge in [0.2, 0.25) is 0 Å². The zero-order valence-electron chi connectivity index (χ0n) is 10.9. The van der Waals surface area contributed by atoms with Gasteiger partial charge in [0.1, 0.15) is 16.5 Å². The third-order valence-corrected chi connectivity index (χ3v) is 3.99. The van der Waals surface area contributed by atoms with Crippen LogP contribution in [0, 0.1) is 13.8 Å². The summed E-state index contributed by atoms with van der Waals surface area (Å²) in [5.74, 6) is 1.96. The molecule has 0 spiro atoms. The molecule has 0 fully saturated rings. The van der Waals surface area contributed by atoms with Crippen LogP contribution in [0.1, 0.15) is 36.5 Å². The second-order valence-electron chi connectivity index (χ2n) is 4.23. The van der Waals surface area contributed by atoms with Crippen LogP contribution in [0.3, 0.4) is 0 Å². The first-order valence-corrected chi connectivity index (χ1v) is 6.99. The smallest absolute Gasteiger partial charge is 0.138 e. The minimum absolute atomic E-state index is 0.895. The molecule has 0 aliphatic rings. The predicted molar refractivity (Wildman–Crippen MR) is 75.0 cm³/mol. The third kappa shape index (κ3) is 2.27. The number of nitrogens with zero attached hydrogens (tertiary/aromatic N) is 2. The summed E-state index contributed by atoms with van der Waals surface area (Å²) in [6, 6.07) is 0. The van der Waals surface area contributed by atoms with Crippen LogP contribution in [0.4, 0.5) is 5.82 Å². The van der Waals surface area contributed by atoms with Gasteiger partial charge >= 0.3 is 0 Å². The number of aryl methyl sites for hydroxylation is 3. The summed E-state index contributed by atoms with van der Waals surface area (Å²) >= 11 is 1.77. The van der Waals surface area contributed by atoms with E-state index in [1.54, 1.807) is 11.3 Å². The lowest BCUT2D eigenvalue weighted by Gasteiger charge is -2.07. The summed E-state index contributed by atoms with van der Waals surface area (Å²) < 4.78 is 0. The van der Waals surface area contributed by atoms with Crippen molar-refractivity contribution in [3.8, 4) is 0 Å². The van der Waals surface area contributed by atoms with Crippen LogP contribution in [0.5, 0.6) is 0 Å². The number of fused-ring (bicyclic) bond motifs is 1. The lowest BCUT2D eigenvalue weighted by molar-refractivity contribution is 0.845. The Morgan fingerprint density at radius 3 is 2.59 bits per heavy atom. The van der Waals surface area contributed by atoms with Gasteiger partial charge in [-0.15, -0.1) is 11.3 Å². The van der Waals surface area contributed by atoms with E-state index in [4.69, 9.17) is 0 Å². The van der Waals surface area contributed by atoms with Crippen LogP contribution in [-0.2, 0) is 6.42 Å². The normalized spacial score (nSPS) is 11.1. The van der Waals surface area contributed by atoms with Gasteiger partial charge in [-0.2, -0.15) is 0 Å². The Balaban J connectivity index is 2.63. The number of anilines is 1. The van der Waals surface area contributed by atoms with Crippen LogP contribution < -0.4 is 5.32 Å². The maximum Gasteiger partial charge on any atom is 0.138 e. The molecule has 1 N–H and O–H groups in total. The van der Waals surface area contributed by atoms with Gasteiger partial charge in [-0.05, 0) is 32.8 Å². The second kappa shape index (κ2) is 5.00. The molecule has 0 aliphatic heterocycles. The van der Waals surface area contributed by atoms with Gasteiger partial charge in [-0.25, -0.2) is 9.97 Å². The molecule has 2 aromatic heterocycles. The van der Waals surface area contributed by atoms with Crippen molar-refractivity contribution >= 4 is 27.4 Å². The third-order valence-electron chi connectivity index (χ3n) is 2.89. The average molecular weight is 249 g/mol. The van der Waals surface area contributed by atoms with Crippen molar-refractivity contribution in [2.24, 2.45) is 0 Å². The highest BCUT2D eigenvalue weighted by Crippen LogP contribution is 2.33. The number of nitrogens with one attached hydrogen (secondary N) is 1. The van der Waals surface area contributed by atoms with Crippen LogP contribution in [-0.4, -0.2) is 16.5 Å². The first-order chi connectivity index (χ1) is 8.17. The zero-order chi connectivity index (χ0) is 12.4. The van der Waals surface area contributed by atoms with Crippen molar-refractivity contribution in [2.75, 3.05) is 11.9 Å². The highest BCUT2D eigenvalue weighted by atomic mass is 32.1. The number of aromatic nitrogens is 2. The van der Waals surface area contributed by atoms with Crippen molar-refractivity contribution in [1.29, 1.82) is 0 Å². The Morgan fingerprint density at radius 1 is 1.18 bits per heavy atom. The van der Waals surface area contributed by atoms with Crippen molar-refractivity contribution in [2.45, 2.75) is 40.5 Å². The van der Waals surface area contributed by atoms with Gasteiger partial charge in [-0.1, -0.05) is 6.92 Å². The first kappa shape index (κ1) is 12.3. The Labute approximate surface area is 106 Å². The number of hydrogen-bond acceptors (Lipinski definition) is 4. The van der Waals surface area contributed by atoms with Crippen molar-refractivity contribution in [3.05, 3.63) is 16.3 Å². The van der Waals surface area contributed by atoms with Crippen LogP contribution in [0.15, 0.2) is 0 Å². The molecule has 0 bridgehead atoms. The molecule has 0 unspecified atom stereocenters. The van der Waals surface area contributed by atoms with Gasteiger partial charge in [-0.3, -0.25) is 0 Å². The Morgan fingerprint density at radius 2 is 1.94 bits per heavy atom. The minimum Gasteiger partial charge on any atom is -0.370 e. The summed E-state index contributed by atoms with van der Waals surface area (Å²) in [5, 5.41) is 4.56. The van der Waals surface area contributed by atoms with Gasteiger partial charge in [0.05, 0.1) is 5.39 Å². The predicted octanol–water partition coefficient (Wildman–Crippen LogP) is 3.69. The fourth-order valence-corrected chi connectivity index (χ4v) is 2.97. The molecular weight excluding hydrogens is 230 g/mol. The molecule has 92 valence electrons. The van der Waals surface area contributed by atoms with E-state index < -0.39 is 0 Å². The van der Waals surface area contributed by atoms with Crippen molar-refractivity contribution in [3.63, 3.8) is 0 Å². The molecule has 4 heteroatoms. The Hall–Kier alpha value is -1.16. The summed E-state index contributed by atoms with van der Waals surface area (Å²) in [6.07, 6.45) is 2.03. The molecule has 0 aliphatic carbocycles. The first-order valence-electron chi connectivity index (χ1n) is 6.17. The highest BCUT2D eigenvalue weighted by molar-refractivity contribution is 7.18. The summed E-state index contributed by atoms with van der Waals surface area (Å²) in [4.78, 5) is 11.8. The number of thiophene rings is 1. The fourth-order valence-electron chi connectivity index (χ4n) is 1.92. The quantitative estimate of drug-likeness (QED) is 0.898. The Bertz CT molecular complexity index is 531. The SMILES string of the molecule is CCCc1nc(NCC)c2c(C)c(C)sc2n1. The maximum atomic E-state index is 4.66. The molecular formula is C13H19N3S. The molecule has 2 rings (SSSR count). The van der Waals surface area contributed by atoms with Crippen LogP contribution in [0.2, 0.25) is 0 Å². The average Bonchev–Trinajstić information content (AvgIpc) is 2.56. The topological polar surface area (TPSA) is 37.8 Å². The van der Waals surface area contributed by atoms with E-state index in [0.717, 1.165) is 35.9 Å². The molecule has 2 heterocycles. The van der Waals surface area contributed by atoms with Gasteiger partial charge in [0, 0.05) is 17.8 Å². The zero-order valence-corrected chi connectivity index (χ0v) is 11.7. The summed E-state index contributed by atoms with van der Waals surface area (Å²) in [6.45, 7) is 9.45. The molecule has 0 aromatic carbocycles. The lowest BCUT2D eigenvalue weighted by atomic mass is 10.2. The second-order valence-corrected chi connectivity index (χ2v) is 5.44. The lowest BCUT2D eigenvalue weighted by Crippen LogP contribution is -2.04. The highest BCUT2D eigenvalue weighted by Gasteiger charge is 2.13. The van der Waals surface area contributed by atoms with Gasteiger partial charge in [0.15, 0.2) is 0 Å². The molecule has 3 nitrogen and oxygen atoms in total. The van der Waals surface area contributed by atoms with E-state index >= 15 is 0 Å². The van der Waals surface area contributed by atoms with E-state index in [0.29, 0.717) is 0 Å². The van der Waals surface area contributed by atoms with E-state index in [-0.39, 0.29) is 0 Å². The molecule has 2 aromatic rings. The summed E-state index contributed by atoms with van der Waals surface area (Å²) in [7, 11) is 0. The van der Waals surface area contributed by atoms with E-state index in [2.05, 4.69) is 43.0 Å². The van der Waals surface area contributed by atoms with E-state index in [1.807, 2.05) is 0 Å². The maximum absolute atomic E-state index is 4.66. The van der Waals surface area contributed by atoms with E-state index in [9.17, 15) is 0 Å². The standard InChI is InChI=1S/C13H19N3S/c1-5-7-10-15-12(14-6-2)11-8(3)9(4)17-13(11)16-10/h5-7H2,1-4H3,(H,14,15,16). The minimum atomic E-state index is 0.895.